The van der Waals surface area contributed by atoms with Crippen molar-refractivity contribution in [2.75, 3.05) is 20.1 Å². The fourth-order valence-corrected chi connectivity index (χ4v) is 4.85. The first kappa shape index (κ1) is 23.0. The maximum atomic E-state index is 12.5. The minimum Gasteiger partial charge on any atom is -0.369 e. The number of nitrogens with zero attached hydrogens (tertiary/aromatic N) is 3. The van der Waals surface area contributed by atoms with Gasteiger partial charge in [0.2, 0.25) is 5.91 Å². The number of halogens is 1. The third kappa shape index (κ3) is 5.26. The smallest absolute Gasteiger partial charge is 0.264 e. The van der Waals surface area contributed by atoms with Gasteiger partial charge in [0, 0.05) is 43.2 Å². The molecule has 0 bridgehead atoms. The summed E-state index contributed by atoms with van der Waals surface area (Å²) in [6.07, 6.45) is 1.35. The molecular weight excluding hydrogens is 462 g/mol. The largest absolute Gasteiger partial charge is 0.369 e. The highest BCUT2D eigenvalue weighted by Crippen LogP contribution is 2.25. The molecule has 3 heterocycles. The van der Waals surface area contributed by atoms with E-state index in [9.17, 15) is 9.59 Å². The SMILES string of the molecule is CN(Cc1cc(-c2ccc(C(=N)N3CCC(C(N)=O)CC3)cc2)no1)C(=O)c1ccc(Cl)s1. The van der Waals surface area contributed by atoms with Gasteiger partial charge in [-0.3, -0.25) is 15.0 Å². The second-order valence-electron chi connectivity index (χ2n) is 8.03. The van der Waals surface area contributed by atoms with Crippen molar-refractivity contribution >= 4 is 40.6 Å². The van der Waals surface area contributed by atoms with E-state index in [-0.39, 0.29) is 24.3 Å². The molecule has 0 unspecified atom stereocenters. The Bertz CT molecular complexity index is 1160. The molecule has 1 aromatic carbocycles. The van der Waals surface area contributed by atoms with Gasteiger partial charge in [0.25, 0.3) is 5.91 Å². The number of amidine groups is 1. The van der Waals surface area contributed by atoms with Crippen molar-refractivity contribution in [1.29, 1.82) is 5.41 Å². The predicted molar refractivity (Wildman–Crippen MR) is 127 cm³/mol. The minimum atomic E-state index is -0.260. The van der Waals surface area contributed by atoms with Gasteiger partial charge in [-0.25, -0.2) is 0 Å². The number of primary amides is 1. The number of hydrogen-bond acceptors (Lipinski definition) is 6. The van der Waals surface area contributed by atoms with E-state index in [1.807, 2.05) is 29.2 Å². The number of aromatic nitrogens is 1. The normalized spacial score (nSPS) is 14.3. The third-order valence-electron chi connectivity index (χ3n) is 5.75. The highest BCUT2D eigenvalue weighted by molar-refractivity contribution is 7.17. The van der Waals surface area contributed by atoms with Crippen LogP contribution in [0.3, 0.4) is 0 Å². The Balaban J connectivity index is 1.37. The van der Waals surface area contributed by atoms with E-state index >= 15 is 0 Å². The van der Waals surface area contributed by atoms with Crippen LogP contribution in [0.15, 0.2) is 47.0 Å². The van der Waals surface area contributed by atoms with Crippen LogP contribution in [0.2, 0.25) is 4.34 Å². The maximum Gasteiger partial charge on any atom is 0.264 e. The third-order valence-corrected chi connectivity index (χ3v) is 6.97. The van der Waals surface area contributed by atoms with Gasteiger partial charge < -0.3 is 20.1 Å². The summed E-state index contributed by atoms with van der Waals surface area (Å²) in [5.74, 6) is 0.503. The zero-order valence-electron chi connectivity index (χ0n) is 18.1. The molecule has 1 aliphatic rings. The van der Waals surface area contributed by atoms with Crippen LogP contribution >= 0.6 is 22.9 Å². The second kappa shape index (κ2) is 9.76. The van der Waals surface area contributed by atoms with Gasteiger partial charge in [-0.2, -0.15) is 0 Å². The molecule has 10 heteroatoms. The number of rotatable bonds is 6. The molecule has 0 aliphatic carbocycles. The van der Waals surface area contributed by atoms with E-state index < -0.39 is 0 Å². The lowest BCUT2D eigenvalue weighted by Crippen LogP contribution is -2.41. The van der Waals surface area contributed by atoms with Crippen LogP contribution in [-0.4, -0.2) is 52.7 Å². The molecular formula is C23H24ClN5O3S. The van der Waals surface area contributed by atoms with Crippen LogP contribution in [0.25, 0.3) is 11.3 Å². The highest BCUT2D eigenvalue weighted by Gasteiger charge is 2.25. The van der Waals surface area contributed by atoms with Gasteiger partial charge in [0.1, 0.15) is 11.5 Å². The van der Waals surface area contributed by atoms with Crippen molar-refractivity contribution in [3.8, 4) is 11.3 Å². The average Bonchev–Trinajstić information content (AvgIpc) is 3.47. The second-order valence-corrected chi connectivity index (χ2v) is 9.75. The molecule has 1 saturated heterocycles. The van der Waals surface area contributed by atoms with E-state index in [0.29, 0.717) is 52.4 Å². The van der Waals surface area contributed by atoms with Gasteiger partial charge in [-0.05, 0) is 25.0 Å². The number of hydrogen-bond donors (Lipinski definition) is 2. The Hall–Kier alpha value is -3.17. The Morgan fingerprint density at radius 2 is 1.94 bits per heavy atom. The molecule has 2 aromatic heterocycles. The molecule has 0 atom stereocenters. The van der Waals surface area contributed by atoms with Gasteiger partial charge in [-0.15, -0.1) is 11.3 Å². The number of carbonyl (C=O) groups is 2. The summed E-state index contributed by atoms with van der Waals surface area (Å²) in [5, 5.41) is 12.6. The average molecular weight is 486 g/mol. The van der Waals surface area contributed by atoms with E-state index in [2.05, 4.69) is 5.16 Å². The van der Waals surface area contributed by atoms with Crippen molar-refractivity contribution in [2.45, 2.75) is 19.4 Å². The van der Waals surface area contributed by atoms with Gasteiger partial charge in [-0.1, -0.05) is 41.0 Å². The Morgan fingerprint density at radius 1 is 1.24 bits per heavy atom. The number of piperidine rings is 1. The molecule has 0 radical (unpaired) electrons. The van der Waals surface area contributed by atoms with E-state index in [1.54, 1.807) is 30.1 Å². The summed E-state index contributed by atoms with van der Waals surface area (Å²) in [6.45, 7) is 1.57. The summed E-state index contributed by atoms with van der Waals surface area (Å²) in [6, 6.07) is 12.8. The number of nitrogens with two attached hydrogens (primary N) is 1. The first-order valence-electron chi connectivity index (χ1n) is 10.5. The summed E-state index contributed by atoms with van der Waals surface area (Å²) >= 11 is 7.16. The first-order valence-corrected chi connectivity index (χ1v) is 11.7. The molecule has 4 rings (SSSR count). The molecule has 1 aliphatic heterocycles. The predicted octanol–water partition coefficient (Wildman–Crippen LogP) is 3.85. The summed E-state index contributed by atoms with van der Waals surface area (Å²) in [4.78, 5) is 27.9. The number of amides is 2. The van der Waals surface area contributed by atoms with Crippen LogP contribution in [-0.2, 0) is 11.3 Å². The van der Waals surface area contributed by atoms with E-state index in [1.165, 1.54) is 11.3 Å². The molecule has 2 amide bonds. The molecule has 8 nitrogen and oxygen atoms in total. The Labute approximate surface area is 200 Å². The molecule has 33 heavy (non-hydrogen) atoms. The van der Waals surface area contributed by atoms with Crippen molar-refractivity contribution in [2.24, 2.45) is 11.7 Å². The number of benzene rings is 1. The lowest BCUT2D eigenvalue weighted by Gasteiger charge is -2.32. The van der Waals surface area contributed by atoms with Gasteiger partial charge >= 0.3 is 0 Å². The molecule has 3 N–H and O–H groups in total. The number of thiophene rings is 1. The van der Waals surface area contributed by atoms with Gasteiger partial charge in [0.05, 0.1) is 15.8 Å². The summed E-state index contributed by atoms with van der Waals surface area (Å²) in [7, 11) is 1.70. The fourth-order valence-electron chi connectivity index (χ4n) is 3.82. The lowest BCUT2D eigenvalue weighted by atomic mass is 9.95. The molecule has 3 aromatic rings. The zero-order chi connectivity index (χ0) is 23.5. The monoisotopic (exact) mass is 485 g/mol. The van der Waals surface area contributed by atoms with Crippen LogP contribution < -0.4 is 5.73 Å². The topological polar surface area (TPSA) is 117 Å². The minimum absolute atomic E-state index is 0.102. The Kier molecular flexibility index (Phi) is 6.80. The lowest BCUT2D eigenvalue weighted by molar-refractivity contribution is -0.122. The van der Waals surface area contributed by atoms with Crippen LogP contribution in [0.5, 0.6) is 0 Å². The molecule has 1 fully saturated rings. The maximum absolute atomic E-state index is 12.5. The standard InChI is InChI=1S/C23H24ClN5O3S/c1-28(23(31)19-6-7-20(24)33-19)13-17-12-18(27-32-17)14-2-4-15(5-3-14)21(25)29-10-8-16(9-11-29)22(26)30/h2-7,12,16,25H,8-11,13H2,1H3,(H2,26,30). The van der Waals surface area contributed by atoms with E-state index in [0.717, 1.165) is 11.1 Å². The van der Waals surface area contributed by atoms with Crippen molar-refractivity contribution in [1.82, 2.24) is 15.0 Å². The number of likely N-dealkylation sites (tertiary alicyclic amines) is 1. The van der Waals surface area contributed by atoms with Crippen LogP contribution in [0.4, 0.5) is 0 Å². The Morgan fingerprint density at radius 3 is 2.55 bits per heavy atom. The van der Waals surface area contributed by atoms with E-state index in [4.69, 9.17) is 27.3 Å². The van der Waals surface area contributed by atoms with Crippen molar-refractivity contribution in [3.63, 3.8) is 0 Å². The van der Waals surface area contributed by atoms with Crippen LogP contribution in [0, 0.1) is 11.3 Å². The fraction of sp³-hybridized carbons (Fsp3) is 0.304. The molecule has 0 saturated carbocycles. The first-order chi connectivity index (χ1) is 15.8. The number of nitrogens with one attached hydrogen (secondary N) is 1. The summed E-state index contributed by atoms with van der Waals surface area (Å²) in [5.41, 5.74) is 7.70. The van der Waals surface area contributed by atoms with Crippen LogP contribution in [0.1, 0.15) is 33.8 Å². The molecule has 0 spiro atoms. The quantitative estimate of drug-likeness (QED) is 0.406. The highest BCUT2D eigenvalue weighted by atomic mass is 35.5. The zero-order valence-corrected chi connectivity index (χ0v) is 19.7. The number of carbonyl (C=O) groups excluding carboxylic acids is 2. The van der Waals surface area contributed by atoms with Crippen molar-refractivity contribution < 1.29 is 14.1 Å². The molecule has 172 valence electrons. The van der Waals surface area contributed by atoms with Gasteiger partial charge in [0.15, 0.2) is 5.76 Å². The van der Waals surface area contributed by atoms with Crippen molar-refractivity contribution in [3.05, 3.63) is 63.0 Å². The summed E-state index contributed by atoms with van der Waals surface area (Å²) < 4.78 is 6.00.